The Bertz CT molecular complexity index is 481. The van der Waals surface area contributed by atoms with Gasteiger partial charge in [0.1, 0.15) is 5.82 Å². The minimum absolute atomic E-state index is 0.0666. The molecule has 20 heavy (non-hydrogen) atoms. The zero-order valence-corrected chi connectivity index (χ0v) is 12.3. The molecule has 1 aromatic carbocycles. The summed E-state index contributed by atoms with van der Waals surface area (Å²) < 4.78 is 13.0. The van der Waals surface area contributed by atoms with E-state index in [-0.39, 0.29) is 11.7 Å². The number of hydrogen-bond donors (Lipinski definition) is 2. The number of amides is 1. The van der Waals surface area contributed by atoms with Gasteiger partial charge in [-0.2, -0.15) is 0 Å². The van der Waals surface area contributed by atoms with Crippen LogP contribution in [-0.2, 0) is 11.2 Å². The summed E-state index contributed by atoms with van der Waals surface area (Å²) in [6.45, 7) is 5.35. The molecular formula is C16H23FN2O. The molecule has 4 heteroatoms. The molecule has 0 bridgehead atoms. The van der Waals surface area contributed by atoms with Crippen molar-refractivity contribution in [2.45, 2.75) is 45.1 Å². The first-order chi connectivity index (χ1) is 9.51. The number of piperidine rings is 1. The Labute approximate surface area is 120 Å². The summed E-state index contributed by atoms with van der Waals surface area (Å²) in [5.41, 5.74) is 1.57. The molecule has 0 spiro atoms. The van der Waals surface area contributed by atoms with E-state index < -0.39 is 5.54 Å². The predicted molar refractivity (Wildman–Crippen MR) is 78.1 cm³/mol. The molecule has 1 fully saturated rings. The maximum Gasteiger partial charge on any atom is 0.240 e. The molecule has 0 aromatic heterocycles. The standard InChI is InChI=1S/C16H23FN2O/c1-12-11-14(17)6-5-13(12)7-10-18-15(20)16(2)8-3-4-9-19-16/h5-6,11,19H,3-4,7-10H2,1-2H3,(H,18,20). The van der Waals surface area contributed by atoms with Crippen LogP contribution in [0.2, 0.25) is 0 Å². The van der Waals surface area contributed by atoms with Crippen molar-refractivity contribution in [2.24, 2.45) is 0 Å². The highest BCUT2D eigenvalue weighted by Crippen LogP contribution is 2.18. The Morgan fingerprint density at radius 3 is 2.90 bits per heavy atom. The van der Waals surface area contributed by atoms with E-state index in [9.17, 15) is 9.18 Å². The van der Waals surface area contributed by atoms with Crippen molar-refractivity contribution in [1.29, 1.82) is 0 Å². The van der Waals surface area contributed by atoms with Crippen LogP contribution in [0.3, 0.4) is 0 Å². The average molecular weight is 278 g/mol. The smallest absolute Gasteiger partial charge is 0.240 e. The summed E-state index contributed by atoms with van der Waals surface area (Å²) in [7, 11) is 0. The average Bonchev–Trinajstić information content (AvgIpc) is 2.42. The summed E-state index contributed by atoms with van der Waals surface area (Å²) in [6.07, 6.45) is 3.84. The van der Waals surface area contributed by atoms with Crippen LogP contribution >= 0.6 is 0 Å². The van der Waals surface area contributed by atoms with Gasteiger partial charge in [0.05, 0.1) is 5.54 Å². The molecule has 3 nitrogen and oxygen atoms in total. The highest BCUT2D eigenvalue weighted by molar-refractivity contribution is 5.85. The minimum Gasteiger partial charge on any atom is -0.354 e. The molecule has 1 aliphatic heterocycles. The van der Waals surface area contributed by atoms with Gasteiger partial charge < -0.3 is 10.6 Å². The summed E-state index contributed by atoms with van der Waals surface area (Å²) in [5, 5.41) is 6.29. The Kier molecular flexibility index (Phi) is 4.76. The number of carbonyl (C=O) groups is 1. The van der Waals surface area contributed by atoms with Crippen molar-refractivity contribution in [3.05, 3.63) is 35.1 Å². The highest BCUT2D eigenvalue weighted by atomic mass is 19.1. The van der Waals surface area contributed by atoms with Gasteiger partial charge in [-0.25, -0.2) is 4.39 Å². The number of carbonyl (C=O) groups excluding carboxylic acids is 1. The molecule has 1 saturated heterocycles. The molecule has 110 valence electrons. The van der Waals surface area contributed by atoms with Crippen LogP contribution in [0.5, 0.6) is 0 Å². The van der Waals surface area contributed by atoms with Crippen molar-refractivity contribution in [3.8, 4) is 0 Å². The van der Waals surface area contributed by atoms with Gasteiger partial charge in [-0.3, -0.25) is 4.79 Å². The number of nitrogens with one attached hydrogen (secondary N) is 2. The lowest BCUT2D eigenvalue weighted by atomic mass is 9.90. The first kappa shape index (κ1) is 15.0. The molecule has 2 N–H and O–H groups in total. The van der Waals surface area contributed by atoms with Crippen LogP contribution in [-0.4, -0.2) is 24.5 Å². The van der Waals surface area contributed by atoms with Gasteiger partial charge in [-0.15, -0.1) is 0 Å². The molecule has 1 aliphatic rings. The number of benzene rings is 1. The Morgan fingerprint density at radius 2 is 2.25 bits per heavy atom. The third-order valence-corrected chi connectivity index (χ3v) is 4.10. The predicted octanol–water partition coefficient (Wildman–Crippen LogP) is 2.33. The largest absolute Gasteiger partial charge is 0.354 e. The molecule has 2 rings (SSSR count). The van der Waals surface area contributed by atoms with E-state index in [1.807, 2.05) is 13.8 Å². The van der Waals surface area contributed by atoms with Crippen molar-refractivity contribution < 1.29 is 9.18 Å². The molecule has 0 radical (unpaired) electrons. The van der Waals surface area contributed by atoms with Crippen LogP contribution in [0.4, 0.5) is 4.39 Å². The molecular weight excluding hydrogens is 255 g/mol. The summed E-state index contributed by atoms with van der Waals surface area (Å²) in [6, 6.07) is 4.78. The normalized spacial score (nSPS) is 22.6. The fraction of sp³-hybridized carbons (Fsp3) is 0.562. The van der Waals surface area contributed by atoms with E-state index in [2.05, 4.69) is 10.6 Å². The van der Waals surface area contributed by atoms with Crippen LogP contribution in [0.1, 0.15) is 37.3 Å². The second-order valence-electron chi connectivity index (χ2n) is 5.79. The SMILES string of the molecule is Cc1cc(F)ccc1CCNC(=O)C1(C)CCCCN1. The fourth-order valence-electron chi connectivity index (χ4n) is 2.70. The van der Waals surface area contributed by atoms with Crippen molar-refractivity contribution in [2.75, 3.05) is 13.1 Å². The van der Waals surface area contributed by atoms with Gasteiger partial charge in [-0.1, -0.05) is 6.07 Å². The quantitative estimate of drug-likeness (QED) is 0.887. The third-order valence-electron chi connectivity index (χ3n) is 4.10. The van der Waals surface area contributed by atoms with Crippen LogP contribution in [0.25, 0.3) is 0 Å². The molecule has 1 amide bonds. The molecule has 0 saturated carbocycles. The van der Waals surface area contributed by atoms with Crippen molar-refractivity contribution in [1.82, 2.24) is 10.6 Å². The second-order valence-corrected chi connectivity index (χ2v) is 5.79. The second kappa shape index (κ2) is 6.35. The Morgan fingerprint density at radius 1 is 1.45 bits per heavy atom. The Hall–Kier alpha value is -1.42. The summed E-state index contributed by atoms with van der Waals surface area (Å²) in [4.78, 5) is 12.2. The maximum absolute atomic E-state index is 13.0. The zero-order valence-electron chi connectivity index (χ0n) is 12.3. The van der Waals surface area contributed by atoms with E-state index in [1.54, 1.807) is 6.07 Å². The number of rotatable bonds is 4. The van der Waals surface area contributed by atoms with Crippen LogP contribution < -0.4 is 10.6 Å². The van der Waals surface area contributed by atoms with Crippen molar-refractivity contribution in [3.63, 3.8) is 0 Å². The first-order valence-electron chi connectivity index (χ1n) is 7.30. The van der Waals surface area contributed by atoms with E-state index in [0.29, 0.717) is 6.54 Å². The maximum atomic E-state index is 13.0. The lowest BCUT2D eigenvalue weighted by Crippen LogP contribution is -2.57. The van der Waals surface area contributed by atoms with E-state index in [4.69, 9.17) is 0 Å². The van der Waals surface area contributed by atoms with Gasteiger partial charge in [0.15, 0.2) is 0 Å². The zero-order chi connectivity index (χ0) is 14.6. The van der Waals surface area contributed by atoms with Gasteiger partial charge >= 0.3 is 0 Å². The van der Waals surface area contributed by atoms with E-state index in [1.165, 1.54) is 12.1 Å². The lowest BCUT2D eigenvalue weighted by molar-refractivity contribution is -0.127. The van der Waals surface area contributed by atoms with E-state index >= 15 is 0 Å². The first-order valence-corrected chi connectivity index (χ1v) is 7.30. The Balaban J connectivity index is 1.84. The van der Waals surface area contributed by atoms with Gasteiger partial charge in [0.25, 0.3) is 0 Å². The van der Waals surface area contributed by atoms with Crippen molar-refractivity contribution >= 4 is 5.91 Å². The molecule has 1 atom stereocenters. The summed E-state index contributed by atoms with van der Waals surface area (Å²) >= 11 is 0. The summed E-state index contributed by atoms with van der Waals surface area (Å²) in [5.74, 6) is -0.147. The lowest BCUT2D eigenvalue weighted by Gasteiger charge is -2.33. The minimum atomic E-state index is -0.434. The van der Waals surface area contributed by atoms with Crippen LogP contribution in [0.15, 0.2) is 18.2 Å². The monoisotopic (exact) mass is 278 g/mol. The third kappa shape index (κ3) is 3.57. The van der Waals surface area contributed by atoms with Crippen LogP contribution in [0, 0.1) is 12.7 Å². The molecule has 1 unspecified atom stereocenters. The van der Waals surface area contributed by atoms with Gasteiger partial charge in [0.2, 0.25) is 5.91 Å². The topological polar surface area (TPSA) is 41.1 Å². The van der Waals surface area contributed by atoms with E-state index in [0.717, 1.165) is 43.4 Å². The molecule has 1 aromatic rings. The van der Waals surface area contributed by atoms with Gasteiger partial charge in [0, 0.05) is 6.54 Å². The highest BCUT2D eigenvalue weighted by Gasteiger charge is 2.33. The molecule has 0 aliphatic carbocycles. The number of hydrogen-bond acceptors (Lipinski definition) is 2. The molecule has 1 heterocycles. The fourth-order valence-corrected chi connectivity index (χ4v) is 2.70. The van der Waals surface area contributed by atoms with Gasteiger partial charge in [-0.05, 0) is 69.3 Å². The number of halogens is 1. The number of aryl methyl sites for hydroxylation is 1.